The van der Waals surface area contributed by atoms with Gasteiger partial charge in [-0.1, -0.05) is 19.8 Å². The van der Waals surface area contributed by atoms with E-state index in [1.807, 2.05) is 16.9 Å². The van der Waals surface area contributed by atoms with Crippen molar-refractivity contribution in [2.75, 3.05) is 33.2 Å². The van der Waals surface area contributed by atoms with E-state index in [1.165, 1.54) is 18.4 Å². The molecule has 1 aliphatic rings. The first-order valence-electron chi connectivity index (χ1n) is 9.90. The van der Waals surface area contributed by atoms with Crippen LogP contribution in [0.4, 0.5) is 0 Å². The molecule has 0 aromatic carbocycles. The van der Waals surface area contributed by atoms with Crippen molar-refractivity contribution in [1.29, 1.82) is 0 Å². The predicted molar refractivity (Wildman–Crippen MR) is 105 cm³/mol. The third-order valence-electron chi connectivity index (χ3n) is 5.26. The highest BCUT2D eigenvalue weighted by atomic mass is 15.4. The molecule has 1 aliphatic heterocycles. The molecule has 0 aliphatic carbocycles. The summed E-state index contributed by atoms with van der Waals surface area (Å²) in [6, 6.07) is 4.34. The number of aryl methyl sites for hydroxylation is 2. The van der Waals surface area contributed by atoms with Crippen LogP contribution in [-0.2, 0) is 6.42 Å². The van der Waals surface area contributed by atoms with Gasteiger partial charge >= 0.3 is 0 Å². The van der Waals surface area contributed by atoms with E-state index in [0.29, 0.717) is 0 Å². The fraction of sp³-hybridized carbons (Fsp3) is 0.650. The van der Waals surface area contributed by atoms with E-state index in [9.17, 15) is 0 Å². The molecule has 26 heavy (non-hydrogen) atoms. The van der Waals surface area contributed by atoms with Crippen molar-refractivity contribution in [3.8, 4) is 5.82 Å². The van der Waals surface area contributed by atoms with Crippen LogP contribution >= 0.6 is 0 Å². The van der Waals surface area contributed by atoms with Crippen LogP contribution in [0.2, 0.25) is 0 Å². The summed E-state index contributed by atoms with van der Waals surface area (Å²) in [5.74, 6) is 2.83. The van der Waals surface area contributed by atoms with E-state index in [1.54, 1.807) is 0 Å². The van der Waals surface area contributed by atoms with Crippen molar-refractivity contribution < 1.29 is 0 Å². The van der Waals surface area contributed by atoms with Gasteiger partial charge in [0.05, 0.1) is 6.04 Å². The Morgan fingerprint density at radius 2 is 1.92 bits per heavy atom. The molecular formula is C20H32N6. The molecule has 0 amide bonds. The van der Waals surface area contributed by atoms with Crippen molar-refractivity contribution in [1.82, 2.24) is 29.5 Å². The zero-order valence-corrected chi connectivity index (χ0v) is 16.6. The molecule has 142 valence electrons. The lowest BCUT2D eigenvalue weighted by atomic mass is 10.2. The topological polar surface area (TPSA) is 50.1 Å². The lowest BCUT2D eigenvalue weighted by molar-refractivity contribution is 0.114. The Hall–Kier alpha value is -1.79. The Balaban J connectivity index is 1.88. The summed E-state index contributed by atoms with van der Waals surface area (Å²) in [5.41, 5.74) is 1.19. The van der Waals surface area contributed by atoms with E-state index in [4.69, 9.17) is 10.1 Å². The minimum atomic E-state index is 0.235. The molecule has 1 unspecified atom stereocenters. The maximum atomic E-state index is 4.94. The van der Waals surface area contributed by atoms with E-state index < -0.39 is 0 Å². The molecule has 0 spiro atoms. The number of pyridine rings is 1. The molecule has 6 heteroatoms. The largest absolute Gasteiger partial charge is 0.304 e. The van der Waals surface area contributed by atoms with Crippen LogP contribution in [0.15, 0.2) is 18.3 Å². The number of hydrogen-bond acceptors (Lipinski definition) is 5. The van der Waals surface area contributed by atoms with Gasteiger partial charge in [0.1, 0.15) is 0 Å². The van der Waals surface area contributed by atoms with Gasteiger partial charge in [0, 0.05) is 38.8 Å². The van der Waals surface area contributed by atoms with E-state index in [-0.39, 0.29) is 6.04 Å². The SMILES string of the molecule is CCCCCc1nc(C(C)N2CCN(C)CC2)n(-c2cc(C)ccn2)n1. The maximum Gasteiger partial charge on any atom is 0.155 e. The van der Waals surface area contributed by atoms with Crippen molar-refractivity contribution in [2.45, 2.75) is 52.5 Å². The third kappa shape index (κ3) is 4.48. The number of nitrogens with zero attached hydrogens (tertiary/aromatic N) is 6. The molecule has 3 rings (SSSR count). The second-order valence-electron chi connectivity index (χ2n) is 7.46. The van der Waals surface area contributed by atoms with Gasteiger partial charge in [-0.2, -0.15) is 4.68 Å². The second kappa shape index (κ2) is 8.73. The average molecular weight is 357 g/mol. The highest BCUT2D eigenvalue weighted by molar-refractivity contribution is 5.28. The van der Waals surface area contributed by atoms with E-state index >= 15 is 0 Å². The fourth-order valence-corrected chi connectivity index (χ4v) is 3.46. The molecule has 6 nitrogen and oxygen atoms in total. The summed E-state index contributed by atoms with van der Waals surface area (Å²) in [7, 11) is 2.19. The molecule has 0 saturated carbocycles. The quantitative estimate of drug-likeness (QED) is 0.714. The van der Waals surface area contributed by atoms with Crippen molar-refractivity contribution in [3.05, 3.63) is 35.5 Å². The van der Waals surface area contributed by atoms with Gasteiger partial charge in [-0.3, -0.25) is 4.90 Å². The van der Waals surface area contributed by atoms with Crippen LogP contribution in [0.5, 0.6) is 0 Å². The molecule has 1 fully saturated rings. The van der Waals surface area contributed by atoms with Crippen LogP contribution in [0, 0.1) is 6.92 Å². The summed E-state index contributed by atoms with van der Waals surface area (Å²) in [6.45, 7) is 10.9. The Labute approximate surface area is 157 Å². The smallest absolute Gasteiger partial charge is 0.155 e. The standard InChI is InChI=1S/C20H32N6/c1-5-6-7-8-18-22-20(17(3)25-13-11-24(4)12-14-25)26(23-18)19-15-16(2)9-10-21-19/h9-10,15,17H,5-8,11-14H2,1-4H3. The molecular weight excluding hydrogens is 324 g/mol. The monoisotopic (exact) mass is 356 g/mol. The summed E-state index contributed by atoms with van der Waals surface area (Å²) in [4.78, 5) is 14.4. The number of likely N-dealkylation sites (N-methyl/N-ethyl adjacent to an activating group) is 1. The zero-order chi connectivity index (χ0) is 18.5. The van der Waals surface area contributed by atoms with Gasteiger partial charge in [-0.15, -0.1) is 5.10 Å². The first-order chi connectivity index (χ1) is 12.6. The molecule has 1 atom stereocenters. The Morgan fingerprint density at radius 1 is 1.15 bits per heavy atom. The minimum Gasteiger partial charge on any atom is -0.304 e. The number of unbranched alkanes of at least 4 members (excludes halogenated alkanes) is 2. The Morgan fingerprint density at radius 3 is 2.62 bits per heavy atom. The zero-order valence-electron chi connectivity index (χ0n) is 16.6. The van der Waals surface area contributed by atoms with Gasteiger partial charge in [-0.25, -0.2) is 9.97 Å². The average Bonchev–Trinajstić information content (AvgIpc) is 3.06. The summed E-state index contributed by atoms with van der Waals surface area (Å²) >= 11 is 0. The number of piperazine rings is 1. The van der Waals surface area contributed by atoms with Gasteiger partial charge in [0.2, 0.25) is 0 Å². The van der Waals surface area contributed by atoms with Crippen molar-refractivity contribution in [3.63, 3.8) is 0 Å². The molecule has 2 aromatic heterocycles. The number of rotatable bonds is 7. The number of aromatic nitrogens is 4. The van der Waals surface area contributed by atoms with Gasteiger partial charge in [-0.05, 0) is 45.0 Å². The van der Waals surface area contributed by atoms with Crippen molar-refractivity contribution >= 4 is 0 Å². The first-order valence-corrected chi connectivity index (χ1v) is 9.90. The van der Waals surface area contributed by atoms with Crippen LogP contribution in [0.3, 0.4) is 0 Å². The molecule has 0 radical (unpaired) electrons. The highest BCUT2D eigenvalue weighted by Crippen LogP contribution is 2.23. The van der Waals surface area contributed by atoms with Crippen LogP contribution in [0.25, 0.3) is 5.82 Å². The first kappa shape index (κ1) is 19.0. The van der Waals surface area contributed by atoms with Crippen molar-refractivity contribution in [2.24, 2.45) is 0 Å². The lowest BCUT2D eigenvalue weighted by Crippen LogP contribution is -2.45. The molecule has 0 N–H and O–H groups in total. The molecule has 3 heterocycles. The van der Waals surface area contributed by atoms with E-state index in [0.717, 1.165) is 56.5 Å². The molecule has 1 saturated heterocycles. The third-order valence-corrected chi connectivity index (χ3v) is 5.26. The summed E-state index contributed by atoms with van der Waals surface area (Å²) in [5, 5.41) is 4.83. The second-order valence-corrected chi connectivity index (χ2v) is 7.46. The van der Waals surface area contributed by atoms with Gasteiger partial charge < -0.3 is 4.90 Å². The summed E-state index contributed by atoms with van der Waals surface area (Å²) < 4.78 is 1.97. The fourth-order valence-electron chi connectivity index (χ4n) is 3.46. The number of hydrogen-bond donors (Lipinski definition) is 0. The maximum absolute atomic E-state index is 4.94. The van der Waals surface area contributed by atoms with Crippen LogP contribution in [-0.4, -0.2) is 62.8 Å². The van der Waals surface area contributed by atoms with Gasteiger partial charge in [0.15, 0.2) is 17.5 Å². The van der Waals surface area contributed by atoms with E-state index in [2.05, 4.69) is 48.7 Å². The lowest BCUT2D eigenvalue weighted by Gasteiger charge is -2.35. The molecule has 0 bridgehead atoms. The Kier molecular flexibility index (Phi) is 6.38. The minimum absolute atomic E-state index is 0.235. The molecule has 2 aromatic rings. The normalized spacial score (nSPS) is 17.5. The van der Waals surface area contributed by atoms with Gasteiger partial charge in [0.25, 0.3) is 0 Å². The summed E-state index contributed by atoms with van der Waals surface area (Å²) in [6.07, 6.45) is 6.37. The van der Waals surface area contributed by atoms with Crippen LogP contribution < -0.4 is 0 Å². The van der Waals surface area contributed by atoms with Crippen LogP contribution in [0.1, 0.15) is 56.4 Å². The highest BCUT2D eigenvalue weighted by Gasteiger charge is 2.26. The predicted octanol–water partition coefficient (Wildman–Crippen LogP) is 3.01. The Bertz CT molecular complexity index is 702.